The minimum absolute atomic E-state index is 0.161. The molecule has 4 aliphatic rings. The fraction of sp³-hybridized carbons (Fsp3) is 0.708. The van der Waals surface area contributed by atoms with E-state index >= 15 is 0 Å². The lowest BCUT2D eigenvalue weighted by Gasteiger charge is -2.50. The molecular formula is C24H29O14S2-3. The van der Waals surface area contributed by atoms with Crippen LogP contribution >= 0.6 is 0 Å². The van der Waals surface area contributed by atoms with Crippen molar-refractivity contribution < 1.29 is 63.9 Å². The van der Waals surface area contributed by atoms with Gasteiger partial charge in [0.05, 0.1) is 12.1 Å². The van der Waals surface area contributed by atoms with E-state index in [0.717, 1.165) is 30.4 Å². The van der Waals surface area contributed by atoms with Crippen molar-refractivity contribution in [1.82, 2.24) is 0 Å². The van der Waals surface area contributed by atoms with Gasteiger partial charge in [-0.2, -0.15) is 0 Å². The van der Waals surface area contributed by atoms with E-state index in [4.69, 9.17) is 13.7 Å². The maximum Gasteiger partial charge on any atom is 0.229 e. The first-order chi connectivity index (χ1) is 18.6. The molecule has 10 atom stereocenters. The predicted octanol–water partition coefficient (Wildman–Crippen LogP) is -1.19. The lowest BCUT2D eigenvalue weighted by atomic mass is 9.55. The van der Waals surface area contributed by atoms with Gasteiger partial charge in [0.25, 0.3) is 0 Å². The number of hydrogen-bond donors (Lipinski definition) is 2. The number of ether oxygens (including phenoxy) is 2. The standard InChI is InChI=1S/C24H32O14S2/c1-24-9-8-14-13-5-3-12(10-11(13)2-4-15(14)16(24)6-7-17(24)37-39(29,30)31)35-23-19(26)20(38-40(32,33)34)18(25)21(36-23)22(27)28/h3,5,10,14-21,23,25-26H,2,4,6-9H2,1H3,(H,27,28)(H,29,30,31)(H,32,33,34)/p-3/t14-,15-,16+,17+,18+,19-,20+,21+,23-,24+/m1/s1. The maximum atomic E-state index is 11.4. The van der Waals surface area contributed by atoms with Crippen LogP contribution in [0.2, 0.25) is 0 Å². The second kappa shape index (κ2) is 10.4. The highest BCUT2D eigenvalue weighted by molar-refractivity contribution is 7.81. The van der Waals surface area contributed by atoms with Crippen molar-refractivity contribution in [3.05, 3.63) is 29.3 Å². The summed E-state index contributed by atoms with van der Waals surface area (Å²) < 4.78 is 87.0. The van der Waals surface area contributed by atoms with Crippen LogP contribution in [-0.4, -0.2) is 78.9 Å². The number of aliphatic hydroxyl groups excluding tert-OH is 2. The summed E-state index contributed by atoms with van der Waals surface area (Å²) >= 11 is 0. The third-order valence-corrected chi connectivity index (χ3v) is 10.0. The second-order valence-electron chi connectivity index (χ2n) is 11.2. The lowest BCUT2D eigenvalue weighted by molar-refractivity contribution is -0.341. The molecule has 5 rings (SSSR count). The van der Waals surface area contributed by atoms with Gasteiger partial charge in [-0.1, -0.05) is 13.0 Å². The average Bonchev–Trinajstić information content (AvgIpc) is 3.17. The van der Waals surface area contributed by atoms with Crippen LogP contribution in [0.25, 0.3) is 0 Å². The Balaban J connectivity index is 1.34. The molecule has 0 spiro atoms. The van der Waals surface area contributed by atoms with Crippen molar-refractivity contribution in [2.45, 2.75) is 88.2 Å². The van der Waals surface area contributed by atoms with Crippen LogP contribution in [0.15, 0.2) is 18.2 Å². The number of aryl methyl sites for hydroxylation is 1. The first kappa shape index (κ1) is 29.6. The van der Waals surface area contributed by atoms with Gasteiger partial charge in [-0.25, -0.2) is 16.8 Å². The summed E-state index contributed by atoms with van der Waals surface area (Å²) in [6, 6.07) is 5.11. The molecule has 3 aliphatic carbocycles. The first-order valence-corrected chi connectivity index (χ1v) is 15.5. The molecule has 3 fully saturated rings. The zero-order chi connectivity index (χ0) is 29.2. The Labute approximate surface area is 231 Å². The summed E-state index contributed by atoms with van der Waals surface area (Å²) in [6.07, 6.45) is -6.94. The third-order valence-electron chi connectivity index (χ3n) is 9.10. The molecule has 40 heavy (non-hydrogen) atoms. The molecule has 2 saturated carbocycles. The number of fused-ring (bicyclic) bond motifs is 5. The molecule has 1 heterocycles. The molecule has 14 nitrogen and oxygen atoms in total. The van der Waals surface area contributed by atoms with E-state index in [1.165, 1.54) is 0 Å². The Morgan fingerprint density at radius 1 is 1.02 bits per heavy atom. The topological polar surface area (TPSA) is 232 Å². The quantitative estimate of drug-likeness (QED) is 0.275. The molecule has 16 heteroatoms. The van der Waals surface area contributed by atoms with Gasteiger partial charge >= 0.3 is 0 Å². The van der Waals surface area contributed by atoms with Crippen molar-refractivity contribution in [2.75, 3.05) is 0 Å². The Hall–Kier alpha value is -1.89. The number of carbonyl (C=O) groups excluding carboxylic acids is 1. The SMILES string of the molecule is C[C@]12CC[C@@H]3c4ccc(O[C@@H]5O[C@H](C(=O)[O-])[C@@H](O)[C@H](OS(=O)(=O)[O-])[C@H]5O)cc4CC[C@H]3[C@@H]1CC[C@@H]2OS(=O)(=O)[O-]. The summed E-state index contributed by atoms with van der Waals surface area (Å²) in [5.41, 5.74) is 1.58. The highest BCUT2D eigenvalue weighted by Gasteiger charge is 2.56. The minimum atomic E-state index is -5.43. The van der Waals surface area contributed by atoms with Gasteiger partial charge in [0, 0.05) is 0 Å². The van der Waals surface area contributed by atoms with Gasteiger partial charge < -0.3 is 38.7 Å². The van der Waals surface area contributed by atoms with Gasteiger partial charge in [0.15, 0.2) is 0 Å². The van der Waals surface area contributed by atoms with Crippen molar-refractivity contribution in [3.63, 3.8) is 0 Å². The summed E-state index contributed by atoms with van der Waals surface area (Å²) in [5.74, 6) is -1.17. The molecule has 0 bridgehead atoms. The Bertz CT molecular complexity index is 1360. The fourth-order valence-electron chi connectivity index (χ4n) is 7.40. The monoisotopic (exact) mass is 605 g/mol. The second-order valence-corrected chi connectivity index (χ2v) is 13.2. The van der Waals surface area contributed by atoms with Crippen molar-refractivity contribution >= 4 is 26.8 Å². The summed E-state index contributed by atoms with van der Waals surface area (Å²) in [6.45, 7) is 1.99. The van der Waals surface area contributed by atoms with Crippen LogP contribution in [0.1, 0.15) is 56.1 Å². The van der Waals surface area contributed by atoms with Crippen LogP contribution in [-0.2, 0) is 45.1 Å². The van der Waals surface area contributed by atoms with Crippen molar-refractivity contribution in [3.8, 4) is 5.75 Å². The molecule has 1 aromatic carbocycles. The molecule has 1 aromatic rings. The largest absolute Gasteiger partial charge is 0.726 e. The van der Waals surface area contributed by atoms with Crippen molar-refractivity contribution in [1.29, 1.82) is 0 Å². The molecule has 2 N–H and O–H groups in total. The van der Waals surface area contributed by atoms with E-state index in [1.54, 1.807) is 12.1 Å². The minimum Gasteiger partial charge on any atom is -0.726 e. The molecule has 0 radical (unpaired) electrons. The first-order valence-electron chi connectivity index (χ1n) is 12.9. The van der Waals surface area contributed by atoms with Gasteiger partial charge in [-0.3, -0.25) is 8.37 Å². The molecule has 0 unspecified atom stereocenters. The average molecular weight is 606 g/mol. The van der Waals surface area contributed by atoms with E-state index in [1.807, 2.05) is 13.0 Å². The molecular weight excluding hydrogens is 576 g/mol. The van der Waals surface area contributed by atoms with Crippen LogP contribution in [0.3, 0.4) is 0 Å². The van der Waals surface area contributed by atoms with E-state index in [-0.39, 0.29) is 23.5 Å². The number of rotatable bonds is 7. The highest BCUT2D eigenvalue weighted by Crippen LogP contribution is 2.61. The number of hydrogen-bond acceptors (Lipinski definition) is 14. The number of carboxylic acid groups (broad SMARTS) is 1. The highest BCUT2D eigenvalue weighted by atomic mass is 32.3. The van der Waals surface area contributed by atoms with E-state index in [2.05, 4.69) is 4.18 Å². The number of aliphatic hydroxyl groups is 2. The van der Waals surface area contributed by atoms with Crippen LogP contribution < -0.4 is 9.84 Å². The molecule has 0 aromatic heterocycles. The van der Waals surface area contributed by atoms with Gasteiger partial charge in [0.2, 0.25) is 27.1 Å². The van der Waals surface area contributed by atoms with Gasteiger partial charge in [-0.15, -0.1) is 0 Å². The summed E-state index contributed by atoms with van der Waals surface area (Å²) in [4.78, 5) is 11.4. The molecule has 224 valence electrons. The Morgan fingerprint density at radius 2 is 1.73 bits per heavy atom. The third kappa shape index (κ3) is 5.61. The fourth-order valence-corrected chi connectivity index (χ4v) is 8.50. The van der Waals surface area contributed by atoms with E-state index in [9.17, 15) is 46.1 Å². The van der Waals surface area contributed by atoms with Gasteiger partial charge in [0.1, 0.15) is 30.2 Å². The smallest absolute Gasteiger partial charge is 0.229 e. The van der Waals surface area contributed by atoms with Gasteiger partial charge in [-0.05, 0) is 85.0 Å². The van der Waals surface area contributed by atoms with Crippen LogP contribution in [0.5, 0.6) is 5.75 Å². The maximum absolute atomic E-state index is 11.4. The Kier molecular flexibility index (Phi) is 7.72. The zero-order valence-corrected chi connectivity index (χ0v) is 22.9. The van der Waals surface area contributed by atoms with E-state index < -0.39 is 69.0 Å². The number of carboxylic acids is 1. The zero-order valence-electron chi connectivity index (χ0n) is 21.3. The van der Waals surface area contributed by atoms with Crippen molar-refractivity contribution in [2.24, 2.45) is 17.3 Å². The molecule has 1 saturated heterocycles. The lowest BCUT2D eigenvalue weighted by Crippen LogP contribution is -2.64. The van der Waals surface area contributed by atoms with Crippen LogP contribution in [0, 0.1) is 17.3 Å². The normalized spacial score (nSPS) is 39.6. The molecule has 0 amide bonds. The summed E-state index contributed by atoms with van der Waals surface area (Å²) in [7, 11) is -10.2. The summed E-state index contributed by atoms with van der Waals surface area (Å²) in [5, 5.41) is 32.0. The predicted molar refractivity (Wildman–Crippen MR) is 127 cm³/mol. The van der Waals surface area contributed by atoms with Crippen LogP contribution in [0.4, 0.5) is 0 Å². The Morgan fingerprint density at radius 3 is 2.38 bits per heavy atom. The molecule has 1 aliphatic heterocycles. The number of aliphatic carboxylic acids is 1. The number of benzene rings is 1. The number of carbonyl (C=O) groups is 1. The van der Waals surface area contributed by atoms with E-state index in [0.29, 0.717) is 19.3 Å².